The van der Waals surface area contributed by atoms with E-state index >= 15 is 0 Å². The molecule has 0 bridgehead atoms. The summed E-state index contributed by atoms with van der Waals surface area (Å²) in [5.41, 5.74) is 3.15. The van der Waals surface area contributed by atoms with Gasteiger partial charge in [-0.25, -0.2) is 9.78 Å². The molecule has 1 aromatic heterocycles. The van der Waals surface area contributed by atoms with Gasteiger partial charge in [-0.2, -0.15) is 13.2 Å². The maximum Gasteiger partial charge on any atom is 0.416 e. The van der Waals surface area contributed by atoms with Gasteiger partial charge in [-0.05, 0) is 54.0 Å². The van der Waals surface area contributed by atoms with Crippen LogP contribution < -0.4 is 5.32 Å². The van der Waals surface area contributed by atoms with Gasteiger partial charge in [0.25, 0.3) is 0 Å². The number of nitrogens with one attached hydrogen (secondary N) is 2. The molecule has 0 spiro atoms. The molecule has 1 unspecified atom stereocenters. The standard InChI is InChI=1S/C33H36F3N5O/c1-23-13-14-27(28(30(23)33(34,35)36)19-24-9-5-3-6-10-24)31(29-20-38-22-39-29)40-17-15-26(16-18-40)41(32(42)37-2)21-25-11-7-4-8-12-25/h3-14,20,22,26,31H,15-19,21H2,1-2H3,(H,37,42)(H,38,39). The summed E-state index contributed by atoms with van der Waals surface area (Å²) < 4.78 is 43.8. The van der Waals surface area contributed by atoms with E-state index in [4.69, 9.17) is 0 Å². The van der Waals surface area contributed by atoms with Gasteiger partial charge in [-0.15, -0.1) is 0 Å². The van der Waals surface area contributed by atoms with Gasteiger partial charge in [-0.3, -0.25) is 4.90 Å². The predicted octanol–water partition coefficient (Wildman–Crippen LogP) is 6.72. The highest BCUT2D eigenvalue weighted by molar-refractivity contribution is 5.74. The van der Waals surface area contributed by atoms with E-state index in [1.807, 2.05) is 71.6 Å². The number of H-pyrrole nitrogens is 1. The van der Waals surface area contributed by atoms with Gasteiger partial charge < -0.3 is 15.2 Å². The number of carbonyl (C=O) groups excluding carboxylic acids is 1. The maximum atomic E-state index is 14.6. The number of hydrogen-bond donors (Lipinski definition) is 2. The van der Waals surface area contributed by atoms with E-state index in [1.54, 1.807) is 25.6 Å². The van der Waals surface area contributed by atoms with E-state index in [0.717, 1.165) is 16.8 Å². The van der Waals surface area contributed by atoms with E-state index < -0.39 is 17.8 Å². The number of benzene rings is 3. The number of urea groups is 1. The van der Waals surface area contributed by atoms with Gasteiger partial charge in [-0.1, -0.05) is 72.8 Å². The average molecular weight is 576 g/mol. The van der Waals surface area contributed by atoms with Crippen LogP contribution in [-0.4, -0.2) is 52.0 Å². The Balaban J connectivity index is 1.49. The van der Waals surface area contributed by atoms with Crippen LogP contribution >= 0.6 is 0 Å². The van der Waals surface area contributed by atoms with Crippen LogP contribution in [0.5, 0.6) is 0 Å². The summed E-state index contributed by atoms with van der Waals surface area (Å²) in [6.07, 6.45) is 0.310. The highest BCUT2D eigenvalue weighted by Crippen LogP contribution is 2.41. The summed E-state index contributed by atoms with van der Waals surface area (Å²) in [6.45, 7) is 3.23. The Hall–Kier alpha value is -4.11. The number of nitrogens with zero attached hydrogens (tertiary/aromatic N) is 3. The number of piperidine rings is 1. The number of imidazole rings is 1. The molecule has 1 fully saturated rings. The van der Waals surface area contributed by atoms with Crippen molar-refractivity contribution in [3.05, 3.63) is 124 Å². The Morgan fingerprint density at radius 2 is 1.67 bits per heavy atom. The predicted molar refractivity (Wildman–Crippen MR) is 157 cm³/mol. The van der Waals surface area contributed by atoms with Crippen LogP contribution in [0.3, 0.4) is 0 Å². The quantitative estimate of drug-likeness (QED) is 0.245. The third-order valence-corrected chi connectivity index (χ3v) is 8.15. The van der Waals surface area contributed by atoms with Crippen molar-refractivity contribution in [2.45, 2.75) is 51.0 Å². The number of amides is 2. The number of rotatable bonds is 8. The van der Waals surface area contributed by atoms with Gasteiger partial charge in [0.1, 0.15) is 0 Å². The van der Waals surface area contributed by atoms with E-state index in [9.17, 15) is 18.0 Å². The first kappa shape index (κ1) is 29.4. The molecule has 9 heteroatoms. The normalized spacial score (nSPS) is 15.4. The van der Waals surface area contributed by atoms with Crippen LogP contribution in [0.25, 0.3) is 0 Å². The summed E-state index contributed by atoms with van der Waals surface area (Å²) in [5, 5.41) is 2.77. The Bertz CT molecular complexity index is 1450. The summed E-state index contributed by atoms with van der Waals surface area (Å²) in [6, 6.07) is 22.0. The summed E-state index contributed by atoms with van der Waals surface area (Å²) in [7, 11) is 1.63. The van der Waals surface area contributed by atoms with Crippen molar-refractivity contribution in [3.63, 3.8) is 0 Å². The van der Waals surface area contributed by atoms with Crippen molar-refractivity contribution in [2.24, 2.45) is 0 Å². The average Bonchev–Trinajstić information content (AvgIpc) is 3.52. The number of alkyl halides is 3. The number of carbonyl (C=O) groups is 1. The lowest BCUT2D eigenvalue weighted by molar-refractivity contribution is -0.138. The number of likely N-dealkylation sites (tertiary alicyclic amines) is 1. The Labute approximate surface area is 244 Å². The van der Waals surface area contributed by atoms with Crippen LogP contribution in [0.1, 0.15) is 58.0 Å². The Morgan fingerprint density at radius 1 is 1.02 bits per heavy atom. The molecular weight excluding hydrogens is 539 g/mol. The molecule has 2 amide bonds. The fraction of sp³-hybridized carbons (Fsp3) is 0.333. The summed E-state index contributed by atoms with van der Waals surface area (Å²) in [5.74, 6) is 0. The molecular formula is C33H36F3N5O. The van der Waals surface area contributed by atoms with Crippen molar-refractivity contribution >= 4 is 6.03 Å². The van der Waals surface area contributed by atoms with Crippen LogP contribution in [0, 0.1) is 6.92 Å². The fourth-order valence-corrected chi connectivity index (χ4v) is 6.15. The number of aromatic nitrogens is 2. The second kappa shape index (κ2) is 12.8. The van der Waals surface area contributed by atoms with E-state index in [2.05, 4.69) is 20.2 Å². The molecule has 0 radical (unpaired) electrons. The van der Waals surface area contributed by atoms with Crippen molar-refractivity contribution in [1.29, 1.82) is 0 Å². The molecule has 220 valence electrons. The lowest BCUT2D eigenvalue weighted by atomic mass is 9.86. The van der Waals surface area contributed by atoms with Crippen LogP contribution in [0.15, 0.2) is 85.3 Å². The number of aromatic amines is 1. The highest BCUT2D eigenvalue weighted by atomic mass is 19.4. The van der Waals surface area contributed by atoms with Gasteiger partial charge in [0, 0.05) is 38.9 Å². The van der Waals surface area contributed by atoms with Crippen LogP contribution in [0.2, 0.25) is 0 Å². The summed E-state index contributed by atoms with van der Waals surface area (Å²) in [4.78, 5) is 24.4. The zero-order valence-corrected chi connectivity index (χ0v) is 23.9. The van der Waals surface area contributed by atoms with E-state index in [-0.39, 0.29) is 29.6 Å². The first-order valence-corrected chi connectivity index (χ1v) is 14.2. The van der Waals surface area contributed by atoms with E-state index in [0.29, 0.717) is 38.0 Å². The molecule has 1 aliphatic rings. The van der Waals surface area contributed by atoms with E-state index in [1.165, 1.54) is 6.92 Å². The molecule has 6 nitrogen and oxygen atoms in total. The van der Waals surface area contributed by atoms with Crippen LogP contribution in [-0.2, 0) is 19.1 Å². The molecule has 4 aromatic rings. The highest BCUT2D eigenvalue weighted by Gasteiger charge is 2.39. The third-order valence-electron chi connectivity index (χ3n) is 8.15. The van der Waals surface area contributed by atoms with Gasteiger partial charge in [0.05, 0.1) is 23.6 Å². The lowest BCUT2D eigenvalue weighted by Gasteiger charge is -2.42. The smallest absolute Gasteiger partial charge is 0.347 e. The molecule has 0 saturated carbocycles. The molecule has 1 saturated heterocycles. The molecule has 3 aromatic carbocycles. The molecule has 0 aliphatic carbocycles. The van der Waals surface area contributed by atoms with Crippen molar-refractivity contribution in [3.8, 4) is 0 Å². The number of hydrogen-bond acceptors (Lipinski definition) is 3. The minimum Gasteiger partial charge on any atom is -0.347 e. The second-order valence-corrected chi connectivity index (χ2v) is 10.8. The number of aryl methyl sites for hydroxylation is 1. The van der Waals surface area contributed by atoms with Crippen molar-refractivity contribution < 1.29 is 18.0 Å². The topological polar surface area (TPSA) is 64.3 Å². The van der Waals surface area contributed by atoms with Crippen molar-refractivity contribution in [1.82, 2.24) is 25.1 Å². The zero-order valence-electron chi connectivity index (χ0n) is 23.9. The first-order chi connectivity index (χ1) is 20.3. The largest absolute Gasteiger partial charge is 0.416 e. The lowest BCUT2D eigenvalue weighted by Crippen LogP contribution is -2.50. The monoisotopic (exact) mass is 575 g/mol. The summed E-state index contributed by atoms with van der Waals surface area (Å²) >= 11 is 0. The molecule has 1 aliphatic heterocycles. The third kappa shape index (κ3) is 6.51. The molecule has 1 atom stereocenters. The molecule has 2 N–H and O–H groups in total. The molecule has 42 heavy (non-hydrogen) atoms. The molecule has 2 heterocycles. The van der Waals surface area contributed by atoms with Crippen molar-refractivity contribution in [2.75, 3.05) is 20.1 Å². The van der Waals surface area contributed by atoms with Gasteiger partial charge >= 0.3 is 12.2 Å². The fourth-order valence-electron chi connectivity index (χ4n) is 6.15. The minimum atomic E-state index is -4.50. The first-order valence-electron chi connectivity index (χ1n) is 14.2. The zero-order chi connectivity index (χ0) is 29.7. The SMILES string of the molecule is CNC(=O)N(Cc1ccccc1)C1CCN(C(c2cnc[nH]2)c2ccc(C)c(C(F)(F)F)c2Cc2ccccc2)CC1. The second-order valence-electron chi connectivity index (χ2n) is 10.8. The van der Waals surface area contributed by atoms with Crippen LogP contribution in [0.4, 0.5) is 18.0 Å². The maximum absolute atomic E-state index is 14.6. The van der Waals surface area contributed by atoms with Gasteiger partial charge in [0.2, 0.25) is 0 Å². The van der Waals surface area contributed by atoms with Gasteiger partial charge in [0.15, 0.2) is 0 Å². The minimum absolute atomic E-state index is 0.00336. The Morgan fingerprint density at radius 3 is 2.24 bits per heavy atom. The number of halogens is 3. The molecule has 5 rings (SSSR count). The Kier molecular flexibility index (Phi) is 8.97.